The molecule has 1 aliphatic heterocycles. The highest BCUT2D eigenvalue weighted by Crippen LogP contribution is 2.53. The summed E-state index contributed by atoms with van der Waals surface area (Å²) in [6.07, 6.45) is 4.49. The van der Waals surface area contributed by atoms with E-state index in [1.165, 1.54) is 12.8 Å². The van der Waals surface area contributed by atoms with Crippen molar-refractivity contribution in [1.82, 2.24) is 4.90 Å². The fourth-order valence-electron chi connectivity index (χ4n) is 1.99. The minimum atomic E-state index is -0.513. The van der Waals surface area contributed by atoms with Crippen LogP contribution in [0.3, 0.4) is 0 Å². The van der Waals surface area contributed by atoms with Crippen LogP contribution in [0, 0.1) is 5.41 Å². The molecule has 1 heterocycles. The van der Waals surface area contributed by atoms with Gasteiger partial charge < -0.3 is 14.7 Å². The van der Waals surface area contributed by atoms with Gasteiger partial charge in [0.15, 0.2) is 6.79 Å². The molecule has 13 heavy (non-hydrogen) atoms. The van der Waals surface area contributed by atoms with E-state index in [1.54, 1.807) is 4.90 Å². The molecule has 0 atom stereocenters. The lowest BCUT2D eigenvalue weighted by molar-refractivity contribution is 0.0157. The number of hydrogen-bond acceptors (Lipinski definition) is 3. The fraction of sp³-hybridized carbons (Fsp3) is 0.889. The first-order valence-corrected chi connectivity index (χ1v) is 4.78. The van der Waals surface area contributed by atoms with Gasteiger partial charge in [0.05, 0.1) is 0 Å². The van der Waals surface area contributed by atoms with E-state index < -0.39 is 6.79 Å². The molecule has 74 valence electrons. The lowest BCUT2D eigenvalue weighted by atomic mass is 9.94. The quantitative estimate of drug-likeness (QED) is 0.619. The molecule has 1 aliphatic carbocycles. The molecule has 1 saturated carbocycles. The van der Waals surface area contributed by atoms with Crippen LogP contribution in [0.25, 0.3) is 0 Å². The van der Waals surface area contributed by atoms with Crippen LogP contribution in [-0.2, 0) is 4.74 Å². The Morgan fingerprint density at radius 3 is 2.38 bits per heavy atom. The zero-order valence-electron chi connectivity index (χ0n) is 7.66. The maximum atomic E-state index is 11.2. The van der Waals surface area contributed by atoms with E-state index in [4.69, 9.17) is 5.11 Å². The Bertz CT molecular complexity index is 203. The van der Waals surface area contributed by atoms with Crippen LogP contribution in [-0.4, -0.2) is 36.0 Å². The lowest BCUT2D eigenvalue weighted by Gasteiger charge is -2.30. The van der Waals surface area contributed by atoms with Crippen molar-refractivity contribution in [3.05, 3.63) is 0 Å². The second-order valence-corrected chi connectivity index (χ2v) is 4.03. The molecule has 0 unspecified atom stereocenters. The minimum Gasteiger partial charge on any atom is -0.422 e. The summed E-state index contributed by atoms with van der Waals surface area (Å²) < 4.78 is 4.51. The van der Waals surface area contributed by atoms with Gasteiger partial charge in [-0.3, -0.25) is 0 Å². The summed E-state index contributed by atoms with van der Waals surface area (Å²) in [4.78, 5) is 12.9. The standard InChI is InChI=1S/C9H15NO3/c11-7-13-8(12)10-5-3-9(1-2-9)4-6-10/h11H,1-7H2. The monoisotopic (exact) mass is 185 g/mol. The third-order valence-corrected chi connectivity index (χ3v) is 3.23. The molecule has 2 aliphatic rings. The number of piperidine rings is 1. The molecule has 2 fully saturated rings. The van der Waals surface area contributed by atoms with Crippen molar-refractivity contribution in [2.75, 3.05) is 19.9 Å². The maximum Gasteiger partial charge on any atom is 0.411 e. The highest BCUT2D eigenvalue weighted by atomic mass is 16.6. The number of ether oxygens (including phenoxy) is 1. The van der Waals surface area contributed by atoms with Gasteiger partial charge in [-0.25, -0.2) is 4.79 Å². The summed E-state index contributed by atoms with van der Waals surface area (Å²) in [7, 11) is 0. The molecule has 0 bridgehead atoms. The number of aliphatic hydroxyl groups excluding tert-OH is 1. The number of aliphatic hydroxyl groups is 1. The van der Waals surface area contributed by atoms with Crippen molar-refractivity contribution >= 4 is 6.09 Å². The van der Waals surface area contributed by atoms with E-state index in [2.05, 4.69) is 4.74 Å². The number of amides is 1. The molecule has 1 N–H and O–H groups in total. The van der Waals surface area contributed by atoms with Gasteiger partial charge in [-0.05, 0) is 31.1 Å². The number of carbonyl (C=O) groups is 1. The zero-order valence-corrected chi connectivity index (χ0v) is 7.66. The Hall–Kier alpha value is -0.770. The van der Waals surface area contributed by atoms with Gasteiger partial charge >= 0.3 is 6.09 Å². The summed E-state index contributed by atoms with van der Waals surface area (Å²) in [6, 6.07) is 0. The predicted octanol–water partition coefficient (Wildman–Crippen LogP) is 0.949. The molecule has 4 nitrogen and oxygen atoms in total. The number of likely N-dealkylation sites (tertiary alicyclic amines) is 1. The largest absolute Gasteiger partial charge is 0.422 e. The van der Waals surface area contributed by atoms with Crippen LogP contribution in [0.1, 0.15) is 25.7 Å². The Kier molecular flexibility index (Phi) is 2.15. The van der Waals surface area contributed by atoms with Gasteiger partial charge in [-0.2, -0.15) is 0 Å². The molecule has 0 aromatic heterocycles. The third kappa shape index (κ3) is 1.77. The summed E-state index contributed by atoms with van der Waals surface area (Å²) >= 11 is 0. The van der Waals surface area contributed by atoms with Crippen molar-refractivity contribution in [2.45, 2.75) is 25.7 Å². The number of rotatable bonds is 1. The van der Waals surface area contributed by atoms with Crippen LogP contribution in [0.4, 0.5) is 4.79 Å². The number of hydrogen-bond donors (Lipinski definition) is 1. The average molecular weight is 185 g/mol. The molecule has 2 rings (SSSR count). The first-order chi connectivity index (χ1) is 6.26. The highest BCUT2D eigenvalue weighted by Gasteiger charge is 2.45. The molecule has 0 radical (unpaired) electrons. The van der Waals surface area contributed by atoms with Crippen LogP contribution < -0.4 is 0 Å². The van der Waals surface area contributed by atoms with E-state index in [9.17, 15) is 4.79 Å². The maximum absolute atomic E-state index is 11.2. The van der Waals surface area contributed by atoms with Crippen molar-refractivity contribution in [2.24, 2.45) is 5.41 Å². The molecule has 0 aromatic rings. The summed E-state index contributed by atoms with van der Waals surface area (Å²) in [5.41, 5.74) is 0.579. The topological polar surface area (TPSA) is 49.8 Å². The van der Waals surface area contributed by atoms with Crippen molar-refractivity contribution < 1.29 is 14.6 Å². The minimum absolute atomic E-state index is 0.377. The van der Waals surface area contributed by atoms with Crippen LogP contribution in [0.2, 0.25) is 0 Å². The van der Waals surface area contributed by atoms with E-state index in [1.807, 2.05) is 0 Å². The Labute approximate surface area is 77.5 Å². The summed E-state index contributed by atoms with van der Waals surface area (Å²) in [5.74, 6) is 0. The molecular formula is C9H15NO3. The fourth-order valence-corrected chi connectivity index (χ4v) is 1.99. The SMILES string of the molecule is O=C(OCO)N1CCC2(CC1)CC2. The Morgan fingerprint density at radius 2 is 1.92 bits per heavy atom. The average Bonchev–Trinajstić information content (AvgIpc) is 2.87. The molecule has 1 amide bonds. The summed E-state index contributed by atoms with van der Waals surface area (Å²) in [5, 5.41) is 8.41. The van der Waals surface area contributed by atoms with Gasteiger partial charge in [-0.15, -0.1) is 0 Å². The zero-order chi connectivity index (χ0) is 9.31. The second kappa shape index (κ2) is 3.18. The third-order valence-electron chi connectivity index (χ3n) is 3.23. The van der Waals surface area contributed by atoms with Gasteiger partial charge in [0, 0.05) is 13.1 Å². The Balaban J connectivity index is 1.80. The van der Waals surface area contributed by atoms with Gasteiger partial charge in [0.1, 0.15) is 0 Å². The van der Waals surface area contributed by atoms with Gasteiger partial charge in [0.25, 0.3) is 0 Å². The van der Waals surface area contributed by atoms with Crippen molar-refractivity contribution in [3.63, 3.8) is 0 Å². The van der Waals surface area contributed by atoms with E-state index >= 15 is 0 Å². The predicted molar refractivity (Wildman–Crippen MR) is 46.0 cm³/mol. The molecule has 4 heteroatoms. The first kappa shape index (κ1) is 8.81. The van der Waals surface area contributed by atoms with E-state index in [0.29, 0.717) is 5.41 Å². The Morgan fingerprint density at radius 1 is 1.31 bits per heavy atom. The smallest absolute Gasteiger partial charge is 0.411 e. The first-order valence-electron chi connectivity index (χ1n) is 4.78. The van der Waals surface area contributed by atoms with Crippen molar-refractivity contribution in [1.29, 1.82) is 0 Å². The van der Waals surface area contributed by atoms with Gasteiger partial charge in [0.2, 0.25) is 0 Å². The molecule has 1 spiro atoms. The summed E-state index contributed by atoms with van der Waals surface area (Å²) in [6.45, 7) is 1.07. The van der Waals surface area contributed by atoms with E-state index in [-0.39, 0.29) is 6.09 Å². The van der Waals surface area contributed by atoms with Crippen LogP contribution >= 0.6 is 0 Å². The molecular weight excluding hydrogens is 170 g/mol. The number of carbonyl (C=O) groups excluding carboxylic acids is 1. The van der Waals surface area contributed by atoms with Crippen LogP contribution in [0.5, 0.6) is 0 Å². The molecule has 0 aromatic carbocycles. The molecule has 1 saturated heterocycles. The second-order valence-electron chi connectivity index (χ2n) is 4.03. The number of nitrogens with zero attached hydrogens (tertiary/aromatic N) is 1. The highest BCUT2D eigenvalue weighted by molar-refractivity contribution is 5.67. The van der Waals surface area contributed by atoms with Gasteiger partial charge in [-0.1, -0.05) is 0 Å². The van der Waals surface area contributed by atoms with Crippen molar-refractivity contribution in [3.8, 4) is 0 Å². The van der Waals surface area contributed by atoms with E-state index in [0.717, 1.165) is 25.9 Å². The normalized spacial score (nSPS) is 24.5. The lowest BCUT2D eigenvalue weighted by Crippen LogP contribution is -2.39. The van der Waals surface area contributed by atoms with Crippen LogP contribution in [0.15, 0.2) is 0 Å².